The Labute approximate surface area is 127 Å². The molecule has 126 valence electrons. The summed E-state index contributed by atoms with van der Waals surface area (Å²) >= 11 is 0. The van der Waals surface area contributed by atoms with Gasteiger partial charge < -0.3 is 24.4 Å². The molecule has 0 amide bonds. The van der Waals surface area contributed by atoms with E-state index in [1.54, 1.807) is 0 Å². The number of fused-ring (bicyclic) bond motifs is 1. The Hall–Kier alpha value is -1.82. The average molecular weight is 348 g/mol. The number of hydrogen-bond donors (Lipinski definition) is 5. The molecule has 5 atom stereocenters. The number of hydrogen-bond acceptors (Lipinski definition) is 8. The maximum atomic E-state index is 11.6. The van der Waals surface area contributed by atoms with Crippen LogP contribution in [0.1, 0.15) is 6.23 Å². The Bertz CT molecular complexity index is 858. The number of aromatic nitrogens is 4. The van der Waals surface area contributed by atoms with Gasteiger partial charge in [0.1, 0.15) is 24.0 Å². The third-order valence-electron chi connectivity index (χ3n) is 3.45. The maximum Gasteiger partial charge on any atom is 0.327 e. The van der Waals surface area contributed by atoms with Crippen molar-refractivity contribution < 1.29 is 28.9 Å². The van der Waals surface area contributed by atoms with Gasteiger partial charge in [0.05, 0.1) is 12.9 Å². The van der Waals surface area contributed by atoms with Crippen molar-refractivity contribution in [1.82, 2.24) is 19.5 Å². The van der Waals surface area contributed by atoms with Gasteiger partial charge in [0.25, 0.3) is 5.56 Å². The number of nitrogens with one attached hydrogen (secondary N) is 2. The number of rotatable bonds is 4. The van der Waals surface area contributed by atoms with Gasteiger partial charge in [-0.15, -0.1) is 0 Å². The number of imidazole rings is 1. The van der Waals surface area contributed by atoms with Crippen LogP contribution in [0.25, 0.3) is 11.2 Å². The smallest absolute Gasteiger partial charge is 0.327 e. The fraction of sp³-hybridized carbons (Fsp3) is 0.500. The summed E-state index contributed by atoms with van der Waals surface area (Å²) in [5.41, 5.74) is -1.55. The molecule has 0 aromatic carbocycles. The first kappa shape index (κ1) is 16.1. The predicted molar refractivity (Wildman–Crippen MR) is 74.1 cm³/mol. The summed E-state index contributed by atoms with van der Waals surface area (Å²) in [6.45, 7) is -0.410. The molecule has 3 rings (SSSR count). The van der Waals surface area contributed by atoms with E-state index in [4.69, 9.17) is 9.63 Å². The van der Waals surface area contributed by atoms with Crippen LogP contribution < -0.4 is 11.2 Å². The van der Waals surface area contributed by atoms with Crippen LogP contribution >= 0.6 is 8.25 Å². The van der Waals surface area contributed by atoms with E-state index in [2.05, 4.69) is 14.5 Å². The highest BCUT2D eigenvalue weighted by Gasteiger charge is 2.44. The molecule has 1 aliphatic heterocycles. The molecule has 1 unspecified atom stereocenters. The topological polar surface area (TPSA) is 180 Å². The second-order valence-electron chi connectivity index (χ2n) is 4.88. The molecule has 0 bridgehead atoms. The van der Waals surface area contributed by atoms with E-state index in [9.17, 15) is 24.4 Å². The van der Waals surface area contributed by atoms with Crippen LogP contribution in [-0.2, 0) is 13.8 Å². The van der Waals surface area contributed by atoms with Crippen LogP contribution in [0.15, 0.2) is 15.9 Å². The van der Waals surface area contributed by atoms with E-state index >= 15 is 0 Å². The van der Waals surface area contributed by atoms with Gasteiger partial charge in [0.2, 0.25) is 0 Å². The van der Waals surface area contributed by atoms with Crippen molar-refractivity contribution in [1.29, 1.82) is 0 Å². The Morgan fingerprint density at radius 2 is 2.09 bits per heavy atom. The van der Waals surface area contributed by atoms with Crippen molar-refractivity contribution in [3.8, 4) is 0 Å². The van der Waals surface area contributed by atoms with Gasteiger partial charge in [-0.25, -0.2) is 9.78 Å². The van der Waals surface area contributed by atoms with Crippen LogP contribution in [0.2, 0.25) is 0 Å². The number of nitrogens with zero attached hydrogens (tertiary/aromatic N) is 2. The molecular formula is C10H13N4O8P. The number of aliphatic hydroxyl groups is 2. The van der Waals surface area contributed by atoms with Crippen molar-refractivity contribution in [3.63, 3.8) is 0 Å². The molecule has 0 spiro atoms. The predicted octanol–water partition coefficient (Wildman–Crippen LogP) is -2.57. The zero-order valence-electron chi connectivity index (χ0n) is 11.4. The standard InChI is InChI=1S/C10H13N4O8P/c15-5-3(1-21-23(19)20)22-9(6(5)16)14-2-11-4-7(14)12-10(18)13-8(4)17/h2-3,5-6,9,15-16,23H,1H2,(H,19,20)(H2,12,13,17,18)/t3-,5-,6-,9-/m1/s1. The maximum absolute atomic E-state index is 11.6. The highest BCUT2D eigenvalue weighted by molar-refractivity contribution is 7.32. The molecule has 3 heterocycles. The lowest BCUT2D eigenvalue weighted by Gasteiger charge is -2.16. The molecule has 2 aromatic heterocycles. The van der Waals surface area contributed by atoms with Crippen LogP contribution in [-0.4, -0.2) is 59.5 Å². The number of aliphatic hydroxyl groups excluding tert-OH is 2. The summed E-state index contributed by atoms with van der Waals surface area (Å²) < 4.78 is 21.7. The number of aromatic amines is 2. The van der Waals surface area contributed by atoms with Crippen molar-refractivity contribution in [3.05, 3.63) is 27.2 Å². The van der Waals surface area contributed by atoms with Gasteiger partial charge in [-0.3, -0.25) is 23.9 Å². The lowest BCUT2D eigenvalue weighted by molar-refractivity contribution is -0.0476. The minimum Gasteiger partial charge on any atom is -0.387 e. The fourth-order valence-electron chi connectivity index (χ4n) is 2.40. The molecule has 0 radical (unpaired) electrons. The third-order valence-corrected chi connectivity index (χ3v) is 3.86. The first-order valence-electron chi connectivity index (χ1n) is 6.45. The zero-order chi connectivity index (χ0) is 16.7. The van der Waals surface area contributed by atoms with Gasteiger partial charge in [-0.05, 0) is 0 Å². The first-order chi connectivity index (χ1) is 10.9. The summed E-state index contributed by atoms with van der Waals surface area (Å²) in [7, 11) is -3.21. The number of ether oxygens (including phenoxy) is 1. The molecule has 2 aromatic rings. The van der Waals surface area contributed by atoms with E-state index in [0.717, 1.165) is 6.33 Å². The first-order valence-corrected chi connectivity index (χ1v) is 7.71. The summed E-state index contributed by atoms with van der Waals surface area (Å²) in [4.78, 5) is 39.8. The van der Waals surface area contributed by atoms with Crippen LogP contribution in [0, 0.1) is 0 Å². The Morgan fingerprint density at radius 1 is 1.35 bits per heavy atom. The zero-order valence-corrected chi connectivity index (χ0v) is 12.4. The van der Waals surface area contributed by atoms with Gasteiger partial charge in [0.15, 0.2) is 11.7 Å². The van der Waals surface area contributed by atoms with Crippen molar-refractivity contribution >= 4 is 19.4 Å². The molecule has 1 saturated heterocycles. The summed E-state index contributed by atoms with van der Waals surface area (Å²) in [5.74, 6) is 0. The summed E-state index contributed by atoms with van der Waals surface area (Å²) in [6.07, 6.45) is -3.89. The average Bonchev–Trinajstić information content (AvgIpc) is 3.00. The van der Waals surface area contributed by atoms with Crippen molar-refractivity contribution in [2.45, 2.75) is 24.5 Å². The molecule has 23 heavy (non-hydrogen) atoms. The van der Waals surface area contributed by atoms with Gasteiger partial charge in [0, 0.05) is 0 Å². The molecule has 13 heteroatoms. The Morgan fingerprint density at radius 3 is 2.78 bits per heavy atom. The quantitative estimate of drug-likeness (QED) is 0.371. The molecule has 1 fully saturated rings. The fourth-order valence-corrected chi connectivity index (χ4v) is 2.70. The van der Waals surface area contributed by atoms with E-state index in [1.165, 1.54) is 4.57 Å². The second kappa shape index (κ2) is 6.00. The molecule has 12 nitrogen and oxygen atoms in total. The van der Waals surface area contributed by atoms with Crippen molar-refractivity contribution in [2.75, 3.05) is 6.61 Å². The summed E-state index contributed by atoms with van der Waals surface area (Å²) in [6, 6.07) is 0. The highest BCUT2D eigenvalue weighted by Crippen LogP contribution is 2.32. The van der Waals surface area contributed by atoms with E-state index in [-0.39, 0.29) is 11.2 Å². The Balaban J connectivity index is 1.94. The summed E-state index contributed by atoms with van der Waals surface area (Å²) in [5, 5.41) is 20.0. The minimum absolute atomic E-state index is 0.00676. The third kappa shape index (κ3) is 2.87. The normalized spacial score (nSPS) is 29.2. The molecule has 0 aliphatic carbocycles. The Kier molecular flexibility index (Phi) is 4.19. The van der Waals surface area contributed by atoms with E-state index in [0.29, 0.717) is 0 Å². The lowest BCUT2D eigenvalue weighted by atomic mass is 10.1. The van der Waals surface area contributed by atoms with Crippen LogP contribution in [0.5, 0.6) is 0 Å². The molecular weight excluding hydrogens is 335 g/mol. The monoisotopic (exact) mass is 348 g/mol. The van der Waals surface area contributed by atoms with Crippen LogP contribution in [0.4, 0.5) is 0 Å². The van der Waals surface area contributed by atoms with E-state index in [1.807, 2.05) is 4.98 Å². The van der Waals surface area contributed by atoms with Gasteiger partial charge in [-0.1, -0.05) is 0 Å². The van der Waals surface area contributed by atoms with Gasteiger partial charge in [-0.2, -0.15) is 0 Å². The largest absolute Gasteiger partial charge is 0.387 e. The van der Waals surface area contributed by atoms with Crippen LogP contribution in [0.3, 0.4) is 0 Å². The lowest BCUT2D eigenvalue weighted by Crippen LogP contribution is -2.33. The molecule has 5 N–H and O–H groups in total. The second-order valence-corrected chi connectivity index (χ2v) is 5.70. The van der Waals surface area contributed by atoms with Crippen molar-refractivity contribution in [2.24, 2.45) is 0 Å². The SMILES string of the molecule is O=c1[nH]c(=O)c2ncn([C@@H]3O[C@H](CO[PH](=O)O)[C@@H](O)[C@H]3O)c2[nH]1. The van der Waals surface area contributed by atoms with Gasteiger partial charge >= 0.3 is 13.9 Å². The molecule has 0 saturated carbocycles. The molecule has 1 aliphatic rings. The highest BCUT2D eigenvalue weighted by atomic mass is 31.1. The number of H-pyrrole nitrogens is 2. The van der Waals surface area contributed by atoms with E-state index < -0.39 is 50.7 Å². The minimum atomic E-state index is -3.21.